The van der Waals surface area contributed by atoms with Crippen LogP contribution in [0.5, 0.6) is 0 Å². The Morgan fingerprint density at radius 2 is 1.89 bits per heavy atom. The molecule has 2 rings (SSSR count). The second-order valence-electron chi connectivity index (χ2n) is 5.84. The van der Waals surface area contributed by atoms with Crippen molar-refractivity contribution in [3.05, 3.63) is 65.0 Å². The van der Waals surface area contributed by atoms with Gasteiger partial charge in [-0.25, -0.2) is 4.79 Å². The zero-order chi connectivity index (χ0) is 20.0. The van der Waals surface area contributed by atoms with E-state index >= 15 is 0 Å². The molecule has 7 heteroatoms. The van der Waals surface area contributed by atoms with Crippen LogP contribution < -0.4 is 10.6 Å². The summed E-state index contributed by atoms with van der Waals surface area (Å²) in [7, 11) is 0. The van der Waals surface area contributed by atoms with Gasteiger partial charge in [-0.1, -0.05) is 18.2 Å². The lowest BCUT2D eigenvalue weighted by Crippen LogP contribution is -2.25. The maximum atomic E-state index is 12.7. The molecule has 0 unspecified atom stereocenters. The van der Waals surface area contributed by atoms with Gasteiger partial charge in [-0.3, -0.25) is 9.59 Å². The van der Waals surface area contributed by atoms with Crippen LogP contribution in [0.25, 0.3) is 0 Å². The summed E-state index contributed by atoms with van der Waals surface area (Å²) in [4.78, 5) is 40.0. The van der Waals surface area contributed by atoms with Crippen molar-refractivity contribution in [2.75, 3.05) is 18.5 Å². The fraction of sp³-hybridized carbons (Fsp3) is 0.250. The summed E-state index contributed by atoms with van der Waals surface area (Å²) in [6.07, 6.45) is 1.57. The van der Waals surface area contributed by atoms with E-state index in [1.54, 1.807) is 51.1 Å². The molecule has 1 heterocycles. The van der Waals surface area contributed by atoms with E-state index < -0.39 is 11.9 Å². The van der Waals surface area contributed by atoms with Crippen molar-refractivity contribution in [2.45, 2.75) is 20.8 Å². The fourth-order valence-corrected chi connectivity index (χ4v) is 2.72. The summed E-state index contributed by atoms with van der Waals surface area (Å²) in [6.45, 7) is 9.22. The quantitative estimate of drug-likeness (QED) is 0.516. The first-order valence-corrected chi connectivity index (χ1v) is 8.56. The van der Waals surface area contributed by atoms with Crippen molar-refractivity contribution >= 4 is 23.5 Å². The lowest BCUT2D eigenvalue weighted by atomic mass is 10.1. The van der Waals surface area contributed by atoms with Gasteiger partial charge >= 0.3 is 5.97 Å². The molecule has 0 bridgehead atoms. The Kier molecular flexibility index (Phi) is 6.54. The number of carbonyl (C=O) groups excluding carboxylic acids is 3. The highest BCUT2D eigenvalue weighted by Crippen LogP contribution is 2.21. The number of nitrogens with one attached hydrogen (secondary N) is 3. The SMILES string of the molecule is C=CCNC(=O)c1ccccc1NC(=O)c1[nH]c(C)c(C(=O)OCC)c1C. The standard InChI is InChI=1S/C20H23N3O4/c1-5-11-21-18(24)14-9-7-8-10-15(14)23-19(25)17-12(3)16(13(4)22-17)20(26)27-6-2/h5,7-10,22H,1,6,11H2,2-4H3,(H,21,24)(H,23,25). The number of rotatable bonds is 7. The smallest absolute Gasteiger partial charge is 0.340 e. The van der Waals surface area contributed by atoms with Crippen molar-refractivity contribution in [3.8, 4) is 0 Å². The Hall–Kier alpha value is -3.35. The second-order valence-corrected chi connectivity index (χ2v) is 5.84. The molecule has 2 aromatic rings. The molecule has 0 spiro atoms. The van der Waals surface area contributed by atoms with Crippen LogP contribution >= 0.6 is 0 Å². The third-order valence-corrected chi connectivity index (χ3v) is 3.97. The molecule has 0 radical (unpaired) electrons. The monoisotopic (exact) mass is 369 g/mol. The highest BCUT2D eigenvalue weighted by atomic mass is 16.5. The zero-order valence-corrected chi connectivity index (χ0v) is 15.6. The Bertz CT molecular complexity index is 883. The van der Waals surface area contributed by atoms with E-state index in [0.717, 1.165) is 0 Å². The van der Waals surface area contributed by atoms with Gasteiger partial charge < -0.3 is 20.4 Å². The average molecular weight is 369 g/mol. The van der Waals surface area contributed by atoms with Crippen molar-refractivity contribution < 1.29 is 19.1 Å². The molecular weight excluding hydrogens is 346 g/mol. The first-order valence-electron chi connectivity index (χ1n) is 8.56. The van der Waals surface area contributed by atoms with E-state index in [1.165, 1.54) is 0 Å². The molecule has 1 aromatic carbocycles. The maximum absolute atomic E-state index is 12.7. The van der Waals surface area contributed by atoms with Crippen molar-refractivity contribution in [2.24, 2.45) is 0 Å². The van der Waals surface area contributed by atoms with Gasteiger partial charge in [0.1, 0.15) is 5.69 Å². The molecule has 0 atom stereocenters. The van der Waals surface area contributed by atoms with Crippen LogP contribution in [0.2, 0.25) is 0 Å². The van der Waals surface area contributed by atoms with Crippen LogP contribution in [0.1, 0.15) is 49.4 Å². The molecule has 0 fully saturated rings. The molecular formula is C20H23N3O4. The molecule has 1 aromatic heterocycles. The molecule has 3 N–H and O–H groups in total. The average Bonchev–Trinajstić information content (AvgIpc) is 2.94. The lowest BCUT2D eigenvalue weighted by Gasteiger charge is -2.11. The van der Waals surface area contributed by atoms with Crippen LogP contribution in [-0.4, -0.2) is 35.9 Å². The number of anilines is 1. The van der Waals surface area contributed by atoms with Crippen LogP contribution in [0, 0.1) is 13.8 Å². The number of ether oxygens (including phenoxy) is 1. The molecule has 0 saturated heterocycles. The minimum Gasteiger partial charge on any atom is -0.462 e. The van der Waals surface area contributed by atoms with Crippen molar-refractivity contribution in [1.82, 2.24) is 10.3 Å². The minimum absolute atomic E-state index is 0.247. The Morgan fingerprint density at radius 1 is 1.19 bits per heavy atom. The van der Waals surface area contributed by atoms with Crippen LogP contribution in [-0.2, 0) is 4.74 Å². The van der Waals surface area contributed by atoms with Gasteiger partial charge in [0.15, 0.2) is 0 Å². The number of hydrogen-bond acceptors (Lipinski definition) is 4. The Morgan fingerprint density at radius 3 is 2.56 bits per heavy atom. The number of para-hydroxylation sites is 1. The largest absolute Gasteiger partial charge is 0.462 e. The summed E-state index contributed by atoms with van der Waals surface area (Å²) in [5.74, 6) is -1.25. The van der Waals surface area contributed by atoms with Gasteiger partial charge in [0.2, 0.25) is 0 Å². The predicted molar refractivity (Wildman–Crippen MR) is 103 cm³/mol. The summed E-state index contributed by atoms with van der Waals surface area (Å²) in [6, 6.07) is 6.68. The zero-order valence-electron chi connectivity index (χ0n) is 15.6. The van der Waals surface area contributed by atoms with Crippen LogP contribution in [0.15, 0.2) is 36.9 Å². The van der Waals surface area contributed by atoms with E-state index in [9.17, 15) is 14.4 Å². The molecule has 0 aliphatic carbocycles. The third kappa shape index (κ3) is 4.44. The number of aryl methyl sites for hydroxylation is 1. The van der Waals surface area contributed by atoms with Gasteiger partial charge in [0.25, 0.3) is 11.8 Å². The molecule has 0 aliphatic rings. The van der Waals surface area contributed by atoms with Crippen LogP contribution in [0.4, 0.5) is 5.69 Å². The number of benzene rings is 1. The molecule has 2 amide bonds. The fourth-order valence-electron chi connectivity index (χ4n) is 2.72. The lowest BCUT2D eigenvalue weighted by molar-refractivity contribution is 0.0524. The summed E-state index contributed by atoms with van der Waals surface area (Å²) < 4.78 is 5.04. The Labute approximate surface area is 157 Å². The van der Waals surface area contributed by atoms with Gasteiger partial charge in [-0.05, 0) is 38.5 Å². The molecule has 142 valence electrons. The van der Waals surface area contributed by atoms with E-state index in [0.29, 0.717) is 34.6 Å². The Balaban J connectivity index is 2.29. The topological polar surface area (TPSA) is 100 Å². The van der Waals surface area contributed by atoms with Crippen molar-refractivity contribution in [3.63, 3.8) is 0 Å². The number of carbonyl (C=O) groups is 3. The number of aromatic amines is 1. The molecule has 27 heavy (non-hydrogen) atoms. The van der Waals surface area contributed by atoms with Crippen LogP contribution in [0.3, 0.4) is 0 Å². The maximum Gasteiger partial charge on any atom is 0.340 e. The first kappa shape index (κ1) is 20.0. The van der Waals surface area contributed by atoms with Gasteiger partial charge in [-0.2, -0.15) is 0 Å². The normalized spacial score (nSPS) is 10.2. The molecule has 0 saturated carbocycles. The van der Waals surface area contributed by atoms with Gasteiger partial charge in [-0.15, -0.1) is 6.58 Å². The number of amides is 2. The highest BCUT2D eigenvalue weighted by Gasteiger charge is 2.23. The van der Waals surface area contributed by atoms with E-state index in [1.807, 2.05) is 0 Å². The molecule has 0 aliphatic heterocycles. The number of esters is 1. The predicted octanol–water partition coefficient (Wildman–Crippen LogP) is 2.98. The number of hydrogen-bond donors (Lipinski definition) is 3. The number of aromatic nitrogens is 1. The van der Waals surface area contributed by atoms with Crippen molar-refractivity contribution in [1.29, 1.82) is 0 Å². The third-order valence-electron chi connectivity index (χ3n) is 3.97. The second kappa shape index (κ2) is 8.84. The van der Waals surface area contributed by atoms with Gasteiger partial charge in [0, 0.05) is 12.2 Å². The number of H-pyrrole nitrogens is 1. The summed E-state index contributed by atoms with van der Waals surface area (Å²) in [5, 5.41) is 5.41. The first-order chi connectivity index (χ1) is 12.9. The minimum atomic E-state index is -0.480. The van der Waals surface area contributed by atoms with E-state index in [2.05, 4.69) is 22.2 Å². The highest BCUT2D eigenvalue weighted by molar-refractivity contribution is 6.10. The summed E-state index contributed by atoms with van der Waals surface area (Å²) >= 11 is 0. The summed E-state index contributed by atoms with van der Waals surface area (Å²) in [5.41, 5.74) is 2.34. The van der Waals surface area contributed by atoms with E-state index in [4.69, 9.17) is 4.74 Å². The van der Waals surface area contributed by atoms with Gasteiger partial charge in [0.05, 0.1) is 23.4 Å². The molecule has 7 nitrogen and oxygen atoms in total. The van der Waals surface area contributed by atoms with E-state index in [-0.39, 0.29) is 18.2 Å².